The van der Waals surface area contributed by atoms with Gasteiger partial charge in [-0.1, -0.05) is 6.07 Å². The second kappa shape index (κ2) is 3.80. The molecule has 0 aromatic carbocycles. The van der Waals surface area contributed by atoms with Crippen molar-refractivity contribution in [3.8, 4) is 0 Å². The number of aromatic nitrogens is 1. The second-order valence-electron chi connectivity index (χ2n) is 2.17. The van der Waals surface area contributed by atoms with E-state index in [0.717, 1.165) is 4.60 Å². The molecule has 11 heavy (non-hydrogen) atoms. The maximum atomic E-state index is 8.70. The van der Waals surface area contributed by atoms with E-state index >= 15 is 0 Å². The molecule has 0 amide bonds. The summed E-state index contributed by atoms with van der Waals surface area (Å²) in [5, 5.41) is 8.70. The average molecular weight is 217 g/mol. The van der Waals surface area contributed by atoms with E-state index in [9.17, 15) is 0 Å². The van der Waals surface area contributed by atoms with Gasteiger partial charge in [0.15, 0.2) is 0 Å². The zero-order valence-corrected chi connectivity index (χ0v) is 7.45. The van der Waals surface area contributed by atoms with Gasteiger partial charge in [-0.15, -0.1) is 0 Å². The average Bonchev–Trinajstić information content (AvgIpc) is 2.03. The predicted molar refractivity (Wildman–Crippen MR) is 46.0 cm³/mol. The van der Waals surface area contributed by atoms with Crippen LogP contribution < -0.4 is 5.73 Å². The van der Waals surface area contributed by atoms with Gasteiger partial charge in [-0.25, -0.2) is 4.98 Å². The number of nitrogens with zero attached hydrogens (tertiary/aromatic N) is 1. The van der Waals surface area contributed by atoms with Gasteiger partial charge < -0.3 is 10.8 Å². The maximum Gasteiger partial charge on any atom is 0.106 e. The normalized spacial score (nSPS) is 13.0. The Balaban J connectivity index is 2.86. The maximum absolute atomic E-state index is 8.70. The number of aliphatic hydroxyl groups is 1. The van der Waals surface area contributed by atoms with Crippen molar-refractivity contribution in [2.45, 2.75) is 6.04 Å². The lowest BCUT2D eigenvalue weighted by atomic mass is 10.2. The van der Waals surface area contributed by atoms with Crippen molar-refractivity contribution in [1.29, 1.82) is 0 Å². The molecule has 0 spiro atoms. The molecule has 0 radical (unpaired) electrons. The van der Waals surface area contributed by atoms with Crippen LogP contribution in [0.25, 0.3) is 0 Å². The van der Waals surface area contributed by atoms with Crippen LogP contribution in [-0.4, -0.2) is 16.7 Å². The van der Waals surface area contributed by atoms with Gasteiger partial charge in [-0.05, 0) is 28.1 Å². The van der Waals surface area contributed by atoms with Gasteiger partial charge in [0.05, 0.1) is 18.3 Å². The molecule has 4 heteroatoms. The van der Waals surface area contributed by atoms with Crippen LogP contribution in [0.2, 0.25) is 0 Å². The Morgan fingerprint density at radius 3 is 2.91 bits per heavy atom. The van der Waals surface area contributed by atoms with Crippen LogP contribution in [0.4, 0.5) is 0 Å². The summed E-state index contributed by atoms with van der Waals surface area (Å²) in [6.45, 7) is -0.0799. The fraction of sp³-hybridized carbons (Fsp3) is 0.286. The first-order valence-corrected chi connectivity index (χ1v) is 4.02. The first-order chi connectivity index (χ1) is 5.24. The highest BCUT2D eigenvalue weighted by molar-refractivity contribution is 9.10. The van der Waals surface area contributed by atoms with Gasteiger partial charge in [0.25, 0.3) is 0 Å². The van der Waals surface area contributed by atoms with Gasteiger partial charge in [0, 0.05) is 0 Å². The largest absolute Gasteiger partial charge is 0.394 e. The van der Waals surface area contributed by atoms with E-state index in [1.165, 1.54) is 0 Å². The van der Waals surface area contributed by atoms with Crippen LogP contribution >= 0.6 is 15.9 Å². The van der Waals surface area contributed by atoms with Crippen molar-refractivity contribution >= 4 is 15.9 Å². The van der Waals surface area contributed by atoms with Crippen molar-refractivity contribution in [1.82, 2.24) is 4.98 Å². The molecule has 1 atom stereocenters. The van der Waals surface area contributed by atoms with Crippen molar-refractivity contribution in [3.63, 3.8) is 0 Å². The minimum Gasteiger partial charge on any atom is -0.394 e. The van der Waals surface area contributed by atoms with E-state index in [4.69, 9.17) is 10.8 Å². The van der Waals surface area contributed by atoms with Crippen LogP contribution in [0.15, 0.2) is 22.8 Å². The molecule has 0 saturated carbocycles. The molecule has 0 bridgehead atoms. The molecule has 0 aliphatic carbocycles. The second-order valence-corrected chi connectivity index (χ2v) is 2.99. The number of rotatable bonds is 2. The van der Waals surface area contributed by atoms with E-state index < -0.39 is 0 Å². The number of pyridine rings is 1. The topological polar surface area (TPSA) is 59.1 Å². The molecule has 3 nitrogen and oxygen atoms in total. The van der Waals surface area contributed by atoms with Crippen molar-refractivity contribution < 1.29 is 5.11 Å². The molecular formula is C7H9BrN2O. The Labute approximate surface area is 73.4 Å². The summed E-state index contributed by atoms with van der Waals surface area (Å²) in [5.41, 5.74) is 6.23. The zero-order valence-electron chi connectivity index (χ0n) is 5.87. The van der Waals surface area contributed by atoms with Crippen LogP contribution in [0, 0.1) is 0 Å². The molecule has 0 unspecified atom stereocenters. The van der Waals surface area contributed by atoms with Gasteiger partial charge in [0.2, 0.25) is 0 Å². The van der Waals surface area contributed by atoms with Crippen LogP contribution in [-0.2, 0) is 0 Å². The fourth-order valence-electron chi connectivity index (χ4n) is 0.724. The zero-order chi connectivity index (χ0) is 8.27. The number of hydrogen-bond acceptors (Lipinski definition) is 3. The molecule has 1 rings (SSSR count). The fourth-order valence-corrected chi connectivity index (χ4v) is 1.08. The molecule has 0 saturated heterocycles. The summed E-state index contributed by atoms with van der Waals surface area (Å²) in [6.07, 6.45) is 0. The molecule has 60 valence electrons. The van der Waals surface area contributed by atoms with Gasteiger partial charge in [0.1, 0.15) is 4.60 Å². The third-order valence-electron chi connectivity index (χ3n) is 1.31. The number of aliphatic hydroxyl groups excluding tert-OH is 1. The molecule has 1 aromatic heterocycles. The monoisotopic (exact) mass is 216 g/mol. The summed E-state index contributed by atoms with van der Waals surface area (Å²) >= 11 is 3.21. The Kier molecular flexibility index (Phi) is 2.99. The smallest absolute Gasteiger partial charge is 0.106 e. The lowest BCUT2D eigenvalue weighted by Crippen LogP contribution is -2.15. The van der Waals surface area contributed by atoms with Crippen LogP contribution in [0.3, 0.4) is 0 Å². The van der Waals surface area contributed by atoms with Crippen molar-refractivity contribution in [2.75, 3.05) is 6.61 Å². The SMILES string of the molecule is N[C@H](CO)c1cccc(Br)n1. The molecule has 3 N–H and O–H groups in total. The van der Waals surface area contributed by atoms with Gasteiger partial charge >= 0.3 is 0 Å². The van der Waals surface area contributed by atoms with E-state index in [0.29, 0.717) is 5.69 Å². The van der Waals surface area contributed by atoms with E-state index in [1.807, 2.05) is 12.1 Å². The number of halogens is 1. The van der Waals surface area contributed by atoms with Crippen LogP contribution in [0.5, 0.6) is 0 Å². The Morgan fingerprint density at radius 2 is 2.36 bits per heavy atom. The summed E-state index contributed by atoms with van der Waals surface area (Å²) < 4.78 is 0.735. The number of nitrogens with two attached hydrogens (primary N) is 1. The molecule has 0 fully saturated rings. The Hall–Kier alpha value is -0.450. The molecule has 1 heterocycles. The van der Waals surface area contributed by atoms with Crippen LogP contribution in [0.1, 0.15) is 11.7 Å². The summed E-state index contributed by atoms with van der Waals surface area (Å²) in [7, 11) is 0. The molecular weight excluding hydrogens is 208 g/mol. The molecule has 0 aliphatic heterocycles. The molecule has 1 aromatic rings. The third-order valence-corrected chi connectivity index (χ3v) is 1.75. The van der Waals surface area contributed by atoms with E-state index in [1.54, 1.807) is 6.07 Å². The van der Waals surface area contributed by atoms with Crippen molar-refractivity contribution in [3.05, 3.63) is 28.5 Å². The minimum absolute atomic E-state index is 0.0799. The van der Waals surface area contributed by atoms with E-state index in [2.05, 4.69) is 20.9 Å². The van der Waals surface area contributed by atoms with Crippen molar-refractivity contribution in [2.24, 2.45) is 5.73 Å². The minimum atomic E-state index is -0.382. The first kappa shape index (κ1) is 8.64. The summed E-state index contributed by atoms with van der Waals surface area (Å²) in [4.78, 5) is 4.08. The van der Waals surface area contributed by atoms with Gasteiger partial charge in [-0.2, -0.15) is 0 Å². The highest BCUT2D eigenvalue weighted by Crippen LogP contribution is 2.10. The summed E-state index contributed by atoms with van der Waals surface area (Å²) in [5.74, 6) is 0. The highest BCUT2D eigenvalue weighted by Gasteiger charge is 2.04. The standard InChI is InChI=1S/C7H9BrN2O/c8-7-3-1-2-6(10-7)5(9)4-11/h1-3,5,11H,4,9H2/t5-/m1/s1. The highest BCUT2D eigenvalue weighted by atomic mass is 79.9. The lowest BCUT2D eigenvalue weighted by Gasteiger charge is -2.06. The molecule has 0 aliphatic rings. The number of hydrogen-bond donors (Lipinski definition) is 2. The predicted octanol–water partition coefficient (Wildman–Crippen LogP) is 0.836. The van der Waals surface area contributed by atoms with E-state index in [-0.39, 0.29) is 12.6 Å². The summed E-state index contributed by atoms with van der Waals surface area (Å²) in [6, 6.07) is 5.05. The van der Waals surface area contributed by atoms with Gasteiger partial charge in [-0.3, -0.25) is 0 Å². The third kappa shape index (κ3) is 2.25. The quantitative estimate of drug-likeness (QED) is 0.721. The Bertz CT molecular complexity index is 242. The Morgan fingerprint density at radius 1 is 1.64 bits per heavy atom. The lowest BCUT2D eigenvalue weighted by molar-refractivity contribution is 0.266. The first-order valence-electron chi connectivity index (χ1n) is 3.23.